The molecule has 0 nitrogen and oxygen atoms in total. The average Bonchev–Trinajstić information content (AvgIpc) is 2.36. The first-order valence-electron chi connectivity index (χ1n) is 5.93. The van der Waals surface area contributed by atoms with Crippen molar-refractivity contribution in [3.8, 4) is 11.1 Å². The maximum absolute atomic E-state index is 3.89. The van der Waals surface area contributed by atoms with Crippen molar-refractivity contribution in [1.29, 1.82) is 0 Å². The lowest BCUT2D eigenvalue weighted by Crippen LogP contribution is -1.92. The van der Waals surface area contributed by atoms with Gasteiger partial charge in [-0.3, -0.25) is 0 Å². The Balaban J connectivity index is 2.69. The maximum Gasteiger partial charge on any atom is -0.0109 e. The second-order valence-corrected chi connectivity index (χ2v) is 4.47. The van der Waals surface area contributed by atoms with Crippen LogP contribution in [0.1, 0.15) is 22.3 Å². The number of aryl methyl sites for hydroxylation is 1. The molecular formula is C17H18. The molecule has 0 aliphatic rings. The predicted molar refractivity (Wildman–Crippen MR) is 76.2 cm³/mol. The first-order valence-corrected chi connectivity index (χ1v) is 5.93. The molecule has 86 valence electrons. The summed E-state index contributed by atoms with van der Waals surface area (Å²) in [5.41, 5.74) is 7.86. The lowest BCUT2D eigenvalue weighted by molar-refractivity contribution is 1.27. The van der Waals surface area contributed by atoms with Crippen LogP contribution in [0.15, 0.2) is 43.0 Å². The van der Waals surface area contributed by atoms with Gasteiger partial charge in [-0.05, 0) is 54.2 Å². The van der Waals surface area contributed by atoms with Crippen LogP contribution in [0.3, 0.4) is 0 Å². The van der Waals surface area contributed by atoms with Crippen molar-refractivity contribution >= 4 is 6.08 Å². The van der Waals surface area contributed by atoms with Crippen molar-refractivity contribution in [3.05, 3.63) is 65.2 Å². The van der Waals surface area contributed by atoms with E-state index in [1.165, 1.54) is 33.4 Å². The number of rotatable bonds is 2. The summed E-state index contributed by atoms with van der Waals surface area (Å²) in [6.45, 7) is 10.4. The Labute approximate surface area is 104 Å². The van der Waals surface area contributed by atoms with Crippen LogP contribution in [-0.4, -0.2) is 0 Å². The lowest BCUT2D eigenvalue weighted by Gasteiger charge is -2.13. The normalized spacial score (nSPS) is 10.3. The van der Waals surface area contributed by atoms with Crippen LogP contribution in [0.4, 0.5) is 0 Å². The Morgan fingerprint density at radius 1 is 0.824 bits per heavy atom. The van der Waals surface area contributed by atoms with Crippen LogP contribution in [0.5, 0.6) is 0 Å². The van der Waals surface area contributed by atoms with Crippen LogP contribution in [-0.2, 0) is 0 Å². The smallest absolute Gasteiger partial charge is 0.0109 e. The Hall–Kier alpha value is -1.82. The third-order valence-electron chi connectivity index (χ3n) is 3.53. The predicted octanol–water partition coefficient (Wildman–Crippen LogP) is 4.92. The summed E-state index contributed by atoms with van der Waals surface area (Å²) < 4.78 is 0. The SMILES string of the molecule is C=Cc1ccccc1-c1ccc(C)c(C)c1C. The third-order valence-corrected chi connectivity index (χ3v) is 3.53. The van der Waals surface area contributed by atoms with Gasteiger partial charge in [0.25, 0.3) is 0 Å². The molecule has 0 amide bonds. The van der Waals surface area contributed by atoms with Crippen LogP contribution < -0.4 is 0 Å². The minimum atomic E-state index is 1.19. The van der Waals surface area contributed by atoms with E-state index in [0.717, 1.165) is 0 Å². The lowest BCUT2D eigenvalue weighted by atomic mass is 9.91. The molecule has 0 bridgehead atoms. The average molecular weight is 222 g/mol. The molecule has 0 saturated carbocycles. The van der Waals surface area contributed by atoms with Gasteiger partial charge in [-0.25, -0.2) is 0 Å². The fraction of sp³-hybridized carbons (Fsp3) is 0.176. The monoisotopic (exact) mass is 222 g/mol. The zero-order chi connectivity index (χ0) is 12.4. The fourth-order valence-corrected chi connectivity index (χ4v) is 2.17. The van der Waals surface area contributed by atoms with Crippen LogP contribution in [0.25, 0.3) is 17.2 Å². The van der Waals surface area contributed by atoms with Gasteiger partial charge < -0.3 is 0 Å². The maximum atomic E-state index is 3.89. The number of benzene rings is 2. The third kappa shape index (κ3) is 2.03. The molecule has 0 unspecified atom stereocenters. The van der Waals surface area contributed by atoms with Gasteiger partial charge in [-0.15, -0.1) is 0 Å². The summed E-state index contributed by atoms with van der Waals surface area (Å²) in [5, 5.41) is 0. The van der Waals surface area contributed by atoms with Crippen molar-refractivity contribution in [2.24, 2.45) is 0 Å². The summed E-state index contributed by atoms with van der Waals surface area (Å²) in [5.74, 6) is 0. The first-order chi connectivity index (χ1) is 8.15. The summed E-state index contributed by atoms with van der Waals surface area (Å²) in [7, 11) is 0. The highest BCUT2D eigenvalue weighted by Crippen LogP contribution is 2.30. The zero-order valence-corrected chi connectivity index (χ0v) is 10.7. The van der Waals surface area contributed by atoms with E-state index in [4.69, 9.17) is 0 Å². The van der Waals surface area contributed by atoms with E-state index in [-0.39, 0.29) is 0 Å². The molecule has 0 heterocycles. The highest BCUT2D eigenvalue weighted by atomic mass is 14.1. The van der Waals surface area contributed by atoms with E-state index in [1.807, 2.05) is 6.08 Å². The Bertz CT molecular complexity index is 562. The Kier molecular flexibility index (Phi) is 3.14. The van der Waals surface area contributed by atoms with Crippen molar-refractivity contribution < 1.29 is 0 Å². The molecule has 2 aromatic rings. The molecule has 0 heteroatoms. The minimum Gasteiger partial charge on any atom is -0.0984 e. The standard InChI is InChI=1S/C17H18/c1-5-15-8-6-7-9-17(15)16-11-10-12(2)13(3)14(16)4/h5-11H,1H2,2-4H3. The molecule has 17 heavy (non-hydrogen) atoms. The van der Waals surface area contributed by atoms with Crippen molar-refractivity contribution in [3.63, 3.8) is 0 Å². The fourth-order valence-electron chi connectivity index (χ4n) is 2.17. The molecule has 0 atom stereocenters. The van der Waals surface area contributed by atoms with Crippen LogP contribution >= 0.6 is 0 Å². The molecule has 0 saturated heterocycles. The molecule has 2 rings (SSSR count). The molecule has 0 aromatic heterocycles. The second kappa shape index (κ2) is 4.58. The van der Waals surface area contributed by atoms with Gasteiger partial charge in [0, 0.05) is 0 Å². The highest BCUT2D eigenvalue weighted by molar-refractivity contribution is 5.77. The van der Waals surface area contributed by atoms with E-state index in [2.05, 4.69) is 63.7 Å². The topological polar surface area (TPSA) is 0 Å². The molecule has 0 aliphatic carbocycles. The van der Waals surface area contributed by atoms with Gasteiger partial charge in [0.15, 0.2) is 0 Å². The summed E-state index contributed by atoms with van der Waals surface area (Å²) in [6, 6.07) is 12.8. The minimum absolute atomic E-state index is 1.19. The van der Waals surface area contributed by atoms with Crippen LogP contribution in [0, 0.1) is 20.8 Å². The molecule has 0 fully saturated rings. The van der Waals surface area contributed by atoms with E-state index in [9.17, 15) is 0 Å². The molecular weight excluding hydrogens is 204 g/mol. The van der Waals surface area contributed by atoms with Gasteiger partial charge in [0.1, 0.15) is 0 Å². The number of hydrogen-bond acceptors (Lipinski definition) is 0. The van der Waals surface area contributed by atoms with E-state index >= 15 is 0 Å². The zero-order valence-electron chi connectivity index (χ0n) is 10.7. The molecule has 2 aromatic carbocycles. The molecule has 0 N–H and O–H groups in total. The van der Waals surface area contributed by atoms with Gasteiger partial charge in [0.05, 0.1) is 0 Å². The summed E-state index contributed by atoms with van der Waals surface area (Å²) in [4.78, 5) is 0. The van der Waals surface area contributed by atoms with Crippen molar-refractivity contribution in [1.82, 2.24) is 0 Å². The van der Waals surface area contributed by atoms with Crippen molar-refractivity contribution in [2.75, 3.05) is 0 Å². The number of hydrogen-bond donors (Lipinski definition) is 0. The highest BCUT2D eigenvalue weighted by Gasteiger charge is 2.07. The summed E-state index contributed by atoms with van der Waals surface area (Å²) >= 11 is 0. The van der Waals surface area contributed by atoms with Gasteiger partial charge in [-0.1, -0.05) is 49.1 Å². The van der Waals surface area contributed by atoms with E-state index < -0.39 is 0 Å². The molecule has 0 spiro atoms. The molecule has 0 aliphatic heterocycles. The Morgan fingerprint density at radius 2 is 1.53 bits per heavy atom. The van der Waals surface area contributed by atoms with Crippen LogP contribution in [0.2, 0.25) is 0 Å². The molecule has 0 radical (unpaired) electrons. The van der Waals surface area contributed by atoms with E-state index in [0.29, 0.717) is 0 Å². The first kappa shape index (κ1) is 11.7. The second-order valence-electron chi connectivity index (χ2n) is 4.47. The summed E-state index contributed by atoms with van der Waals surface area (Å²) in [6.07, 6.45) is 1.92. The van der Waals surface area contributed by atoms with Crippen molar-refractivity contribution in [2.45, 2.75) is 20.8 Å². The van der Waals surface area contributed by atoms with Gasteiger partial charge in [-0.2, -0.15) is 0 Å². The Morgan fingerprint density at radius 3 is 2.24 bits per heavy atom. The van der Waals surface area contributed by atoms with Gasteiger partial charge in [0.2, 0.25) is 0 Å². The largest absolute Gasteiger partial charge is 0.0984 e. The van der Waals surface area contributed by atoms with Gasteiger partial charge >= 0.3 is 0 Å². The quantitative estimate of drug-likeness (QED) is 0.676. The van der Waals surface area contributed by atoms with E-state index in [1.54, 1.807) is 0 Å².